The lowest BCUT2D eigenvalue weighted by molar-refractivity contribution is -0.141. The molecule has 3 nitrogen and oxygen atoms in total. The van der Waals surface area contributed by atoms with Gasteiger partial charge in [0.2, 0.25) is 0 Å². The van der Waals surface area contributed by atoms with Crippen LogP contribution in [0.5, 0.6) is 0 Å². The summed E-state index contributed by atoms with van der Waals surface area (Å²) in [7, 11) is 1.54. The smallest absolute Gasteiger partial charge is 0.315 e. The van der Waals surface area contributed by atoms with Crippen LogP contribution in [0, 0.1) is 0 Å². The van der Waals surface area contributed by atoms with E-state index in [4.69, 9.17) is 0 Å². The molecule has 1 aromatic heterocycles. The van der Waals surface area contributed by atoms with Crippen LogP contribution in [0.3, 0.4) is 0 Å². The average Bonchev–Trinajstić information content (AvgIpc) is 2.28. The van der Waals surface area contributed by atoms with E-state index < -0.39 is 11.9 Å². The predicted molar refractivity (Wildman–Crippen MR) is 43.8 cm³/mol. The van der Waals surface area contributed by atoms with Gasteiger partial charge in [-0.2, -0.15) is 18.3 Å². The van der Waals surface area contributed by atoms with Gasteiger partial charge in [-0.05, 0) is 6.07 Å². The van der Waals surface area contributed by atoms with E-state index >= 15 is 0 Å². The van der Waals surface area contributed by atoms with E-state index in [1.165, 1.54) is 4.68 Å². The fraction of sp³-hybridized carbons (Fsp3) is 0.625. The molecule has 2 heterocycles. The molecule has 1 aliphatic heterocycles. The fourth-order valence-electron chi connectivity index (χ4n) is 1.50. The molecular formula is C8H10F3N3. The van der Waals surface area contributed by atoms with E-state index in [0.29, 0.717) is 5.69 Å². The minimum absolute atomic E-state index is 0.170. The van der Waals surface area contributed by atoms with Crippen LogP contribution in [0.4, 0.5) is 13.2 Å². The Morgan fingerprint density at radius 1 is 1.50 bits per heavy atom. The van der Waals surface area contributed by atoms with Gasteiger partial charge in [-0.1, -0.05) is 0 Å². The SMILES string of the molecule is Cn1nc(C(F)(F)F)cc1C1CNC1. The zero-order chi connectivity index (χ0) is 10.3. The van der Waals surface area contributed by atoms with Gasteiger partial charge in [-0.25, -0.2) is 0 Å². The minimum Gasteiger partial charge on any atom is -0.315 e. The minimum atomic E-state index is -4.34. The Kier molecular flexibility index (Phi) is 2.02. The molecule has 0 amide bonds. The Hall–Kier alpha value is -1.04. The highest BCUT2D eigenvalue weighted by atomic mass is 19.4. The normalized spacial score (nSPS) is 18.3. The molecule has 0 saturated carbocycles. The van der Waals surface area contributed by atoms with Crippen molar-refractivity contribution in [3.05, 3.63) is 17.5 Å². The van der Waals surface area contributed by atoms with Crippen molar-refractivity contribution in [3.63, 3.8) is 0 Å². The molecule has 0 aromatic carbocycles. The monoisotopic (exact) mass is 205 g/mol. The third-order valence-corrected chi connectivity index (χ3v) is 2.41. The molecular weight excluding hydrogens is 195 g/mol. The van der Waals surface area contributed by atoms with Crippen molar-refractivity contribution in [1.29, 1.82) is 0 Å². The molecule has 1 N–H and O–H groups in total. The van der Waals surface area contributed by atoms with Crippen molar-refractivity contribution in [2.24, 2.45) is 7.05 Å². The van der Waals surface area contributed by atoms with Gasteiger partial charge in [-0.3, -0.25) is 4.68 Å². The van der Waals surface area contributed by atoms with E-state index in [-0.39, 0.29) is 5.92 Å². The van der Waals surface area contributed by atoms with Crippen molar-refractivity contribution in [1.82, 2.24) is 15.1 Å². The van der Waals surface area contributed by atoms with Gasteiger partial charge >= 0.3 is 6.18 Å². The second-order valence-corrected chi connectivity index (χ2v) is 3.43. The number of aryl methyl sites for hydroxylation is 1. The van der Waals surface area contributed by atoms with Crippen LogP contribution in [0.25, 0.3) is 0 Å². The lowest BCUT2D eigenvalue weighted by Crippen LogP contribution is -2.40. The van der Waals surface area contributed by atoms with Gasteiger partial charge in [0.05, 0.1) is 0 Å². The molecule has 0 atom stereocenters. The number of halogens is 3. The van der Waals surface area contributed by atoms with E-state index in [2.05, 4.69) is 10.4 Å². The zero-order valence-electron chi connectivity index (χ0n) is 7.60. The summed E-state index contributed by atoms with van der Waals surface area (Å²) in [5.74, 6) is 0.170. The van der Waals surface area contributed by atoms with Crippen molar-refractivity contribution < 1.29 is 13.2 Å². The molecule has 1 saturated heterocycles. The standard InChI is InChI=1S/C8H10F3N3/c1-14-6(5-3-12-4-5)2-7(13-14)8(9,10)11/h2,5,12H,3-4H2,1H3. The maximum Gasteiger partial charge on any atom is 0.435 e. The van der Waals surface area contributed by atoms with Crippen LogP contribution in [0.1, 0.15) is 17.3 Å². The number of nitrogens with one attached hydrogen (secondary N) is 1. The quantitative estimate of drug-likeness (QED) is 0.744. The van der Waals surface area contributed by atoms with Crippen molar-refractivity contribution in [2.45, 2.75) is 12.1 Å². The highest BCUT2D eigenvalue weighted by Gasteiger charge is 2.36. The molecule has 14 heavy (non-hydrogen) atoms. The van der Waals surface area contributed by atoms with Crippen LogP contribution in [-0.4, -0.2) is 22.9 Å². The first-order chi connectivity index (χ1) is 6.48. The number of hydrogen-bond acceptors (Lipinski definition) is 2. The van der Waals surface area contributed by atoms with Crippen molar-refractivity contribution in [3.8, 4) is 0 Å². The molecule has 0 unspecified atom stereocenters. The third kappa shape index (κ3) is 1.50. The van der Waals surface area contributed by atoms with Crippen LogP contribution in [0.2, 0.25) is 0 Å². The zero-order valence-corrected chi connectivity index (χ0v) is 7.60. The lowest BCUT2D eigenvalue weighted by atomic mass is 9.99. The summed E-state index contributed by atoms with van der Waals surface area (Å²) < 4.78 is 38.1. The molecule has 0 radical (unpaired) electrons. The summed E-state index contributed by atoms with van der Waals surface area (Å²) in [6, 6.07) is 1.13. The Bertz CT molecular complexity index is 338. The van der Waals surface area contributed by atoms with E-state index in [1.807, 2.05) is 0 Å². The number of alkyl halides is 3. The largest absolute Gasteiger partial charge is 0.435 e. The predicted octanol–water partition coefficient (Wildman–Crippen LogP) is 1.13. The molecule has 0 aliphatic carbocycles. The van der Waals surface area contributed by atoms with Crippen LogP contribution >= 0.6 is 0 Å². The molecule has 0 spiro atoms. The van der Waals surface area contributed by atoms with Crippen LogP contribution < -0.4 is 5.32 Å². The summed E-state index contributed by atoms with van der Waals surface area (Å²) in [4.78, 5) is 0. The van der Waals surface area contributed by atoms with Crippen molar-refractivity contribution >= 4 is 0 Å². The summed E-state index contributed by atoms with van der Waals surface area (Å²) in [5, 5.41) is 6.46. The third-order valence-electron chi connectivity index (χ3n) is 2.41. The molecule has 1 aliphatic rings. The number of rotatable bonds is 1. The molecule has 6 heteroatoms. The highest BCUT2D eigenvalue weighted by Crippen LogP contribution is 2.30. The first kappa shape index (κ1) is 9.51. The Balaban J connectivity index is 2.29. The maximum atomic E-state index is 12.3. The van der Waals surface area contributed by atoms with Crippen LogP contribution in [-0.2, 0) is 13.2 Å². The van der Waals surface area contributed by atoms with E-state index in [9.17, 15) is 13.2 Å². The summed E-state index contributed by atoms with van der Waals surface area (Å²) in [6.07, 6.45) is -4.34. The summed E-state index contributed by atoms with van der Waals surface area (Å²) in [5.41, 5.74) is -0.155. The second kappa shape index (κ2) is 2.98. The Morgan fingerprint density at radius 3 is 2.50 bits per heavy atom. The van der Waals surface area contributed by atoms with Gasteiger partial charge in [0.25, 0.3) is 0 Å². The van der Waals surface area contributed by atoms with E-state index in [0.717, 1.165) is 19.2 Å². The molecule has 78 valence electrons. The summed E-state index contributed by atoms with van der Waals surface area (Å²) in [6.45, 7) is 1.47. The molecule has 0 bridgehead atoms. The molecule has 2 rings (SSSR count). The Morgan fingerprint density at radius 2 is 2.14 bits per heavy atom. The van der Waals surface area contributed by atoms with Crippen molar-refractivity contribution in [2.75, 3.05) is 13.1 Å². The average molecular weight is 205 g/mol. The molecule has 1 aromatic rings. The van der Waals surface area contributed by atoms with Gasteiger partial charge in [0.1, 0.15) is 0 Å². The van der Waals surface area contributed by atoms with Gasteiger partial charge in [0, 0.05) is 31.7 Å². The van der Waals surface area contributed by atoms with Gasteiger partial charge in [0.15, 0.2) is 5.69 Å². The van der Waals surface area contributed by atoms with E-state index in [1.54, 1.807) is 7.05 Å². The maximum absolute atomic E-state index is 12.3. The lowest BCUT2D eigenvalue weighted by Gasteiger charge is -2.26. The number of nitrogens with zero attached hydrogens (tertiary/aromatic N) is 2. The first-order valence-corrected chi connectivity index (χ1v) is 4.30. The second-order valence-electron chi connectivity index (χ2n) is 3.43. The Labute approximate surface area is 78.9 Å². The summed E-state index contributed by atoms with van der Waals surface area (Å²) >= 11 is 0. The van der Waals surface area contributed by atoms with Gasteiger partial charge in [-0.15, -0.1) is 0 Å². The number of aromatic nitrogens is 2. The molecule has 1 fully saturated rings. The fourth-order valence-corrected chi connectivity index (χ4v) is 1.50. The highest BCUT2D eigenvalue weighted by molar-refractivity contribution is 5.19. The number of hydrogen-bond donors (Lipinski definition) is 1. The van der Waals surface area contributed by atoms with Gasteiger partial charge < -0.3 is 5.32 Å². The first-order valence-electron chi connectivity index (χ1n) is 4.30. The van der Waals surface area contributed by atoms with Crippen LogP contribution in [0.15, 0.2) is 6.07 Å². The topological polar surface area (TPSA) is 29.9 Å².